The van der Waals surface area contributed by atoms with E-state index < -0.39 is 16.8 Å². The average molecular weight is 395 g/mol. The molecule has 2 aromatic rings. The van der Waals surface area contributed by atoms with Crippen molar-refractivity contribution in [2.24, 2.45) is 0 Å². The highest BCUT2D eigenvalue weighted by atomic mass is 35.5. The van der Waals surface area contributed by atoms with Gasteiger partial charge in [0.25, 0.3) is 5.91 Å². The minimum Gasteiger partial charge on any atom is -0.462 e. The zero-order valence-corrected chi connectivity index (χ0v) is 14.6. The standard InChI is InChI=1S/C12H8Cl2N2O5S2/c1-2-21-12(18)6-4-8(16(19)20)23-11(6)15-10(17)5-3-7(13)22-9(5)14/h3-4H,2H2,1H3,(H,15,17). The van der Waals surface area contributed by atoms with Crippen LogP contribution in [0.1, 0.15) is 27.6 Å². The number of rotatable bonds is 5. The van der Waals surface area contributed by atoms with Crippen LogP contribution >= 0.6 is 45.9 Å². The van der Waals surface area contributed by atoms with Crippen LogP contribution in [-0.4, -0.2) is 23.4 Å². The fourth-order valence-corrected chi connectivity index (χ4v) is 3.90. The molecule has 23 heavy (non-hydrogen) atoms. The summed E-state index contributed by atoms with van der Waals surface area (Å²) in [5.74, 6) is -1.39. The van der Waals surface area contributed by atoms with Crippen molar-refractivity contribution in [3.05, 3.63) is 42.0 Å². The molecule has 0 aliphatic rings. The van der Waals surface area contributed by atoms with E-state index in [1.165, 1.54) is 6.07 Å². The van der Waals surface area contributed by atoms with E-state index in [1.54, 1.807) is 6.92 Å². The van der Waals surface area contributed by atoms with Gasteiger partial charge in [-0.1, -0.05) is 23.2 Å². The normalized spacial score (nSPS) is 10.4. The molecule has 0 fully saturated rings. The molecule has 0 saturated carbocycles. The third-order valence-corrected chi connectivity index (χ3v) is 5.01. The Morgan fingerprint density at radius 2 is 2.00 bits per heavy atom. The number of nitrogens with one attached hydrogen (secondary N) is 1. The second kappa shape index (κ2) is 7.26. The second-order valence-electron chi connectivity index (χ2n) is 4.00. The highest BCUT2D eigenvalue weighted by molar-refractivity contribution is 7.20. The number of thiophene rings is 2. The Bertz CT molecular complexity index is 787. The van der Waals surface area contributed by atoms with Crippen LogP contribution in [0.3, 0.4) is 0 Å². The molecule has 2 rings (SSSR count). The van der Waals surface area contributed by atoms with Gasteiger partial charge >= 0.3 is 11.0 Å². The number of carbonyl (C=O) groups excluding carboxylic acids is 2. The van der Waals surface area contributed by atoms with Crippen LogP contribution in [-0.2, 0) is 4.74 Å². The van der Waals surface area contributed by atoms with Crippen molar-refractivity contribution < 1.29 is 19.2 Å². The van der Waals surface area contributed by atoms with E-state index in [9.17, 15) is 19.7 Å². The van der Waals surface area contributed by atoms with E-state index in [4.69, 9.17) is 27.9 Å². The molecule has 0 spiro atoms. The molecule has 0 aliphatic carbocycles. The molecular weight excluding hydrogens is 387 g/mol. The van der Waals surface area contributed by atoms with E-state index in [0.717, 1.165) is 17.4 Å². The summed E-state index contributed by atoms with van der Waals surface area (Å²) in [5.41, 5.74) is 0.0295. The number of nitro groups is 1. The molecule has 1 N–H and O–H groups in total. The zero-order chi connectivity index (χ0) is 17.1. The first-order valence-corrected chi connectivity index (χ1v) is 8.43. The lowest BCUT2D eigenvalue weighted by molar-refractivity contribution is -0.380. The molecule has 0 saturated heterocycles. The number of nitrogens with zero attached hydrogens (tertiary/aromatic N) is 1. The minimum absolute atomic E-state index is 0.0125. The van der Waals surface area contributed by atoms with Gasteiger partial charge in [-0.2, -0.15) is 0 Å². The maximum Gasteiger partial charge on any atom is 0.341 e. The molecule has 0 aromatic carbocycles. The summed E-state index contributed by atoms with van der Waals surface area (Å²) < 4.78 is 5.32. The molecule has 0 bridgehead atoms. The van der Waals surface area contributed by atoms with Gasteiger partial charge in [-0.05, 0) is 24.3 Å². The molecule has 2 aromatic heterocycles. The fourth-order valence-electron chi connectivity index (χ4n) is 1.59. The van der Waals surface area contributed by atoms with E-state index in [2.05, 4.69) is 5.32 Å². The molecule has 0 unspecified atom stereocenters. The van der Waals surface area contributed by atoms with Gasteiger partial charge in [0, 0.05) is 6.07 Å². The van der Waals surface area contributed by atoms with Crippen molar-refractivity contribution in [2.45, 2.75) is 6.92 Å². The van der Waals surface area contributed by atoms with E-state index in [-0.39, 0.29) is 32.1 Å². The van der Waals surface area contributed by atoms with Gasteiger partial charge in [-0.3, -0.25) is 14.9 Å². The first kappa shape index (κ1) is 17.7. The van der Waals surface area contributed by atoms with E-state index >= 15 is 0 Å². The number of amides is 1. The molecule has 2 heterocycles. The quantitative estimate of drug-likeness (QED) is 0.458. The predicted octanol–water partition coefficient (Wildman–Crippen LogP) is 4.45. The lowest BCUT2D eigenvalue weighted by Gasteiger charge is -2.04. The summed E-state index contributed by atoms with van der Waals surface area (Å²) in [4.78, 5) is 34.3. The Labute approximate surface area is 147 Å². The number of ether oxygens (including phenoxy) is 1. The molecular formula is C12H8Cl2N2O5S2. The summed E-state index contributed by atoms with van der Waals surface area (Å²) in [5, 5.41) is 13.0. The summed E-state index contributed by atoms with van der Waals surface area (Å²) in [7, 11) is 0. The monoisotopic (exact) mass is 394 g/mol. The Morgan fingerprint density at radius 1 is 1.30 bits per heavy atom. The van der Waals surface area contributed by atoms with Crippen LogP contribution in [0.5, 0.6) is 0 Å². The maximum atomic E-state index is 12.2. The number of anilines is 1. The summed E-state index contributed by atoms with van der Waals surface area (Å²) in [6.45, 7) is 1.70. The Hall–Kier alpha value is -1.68. The number of hydrogen-bond acceptors (Lipinski definition) is 7. The van der Waals surface area contributed by atoms with Crippen LogP contribution in [0.2, 0.25) is 8.67 Å². The highest BCUT2D eigenvalue weighted by Gasteiger charge is 2.25. The molecule has 1 amide bonds. The number of hydrogen-bond donors (Lipinski definition) is 1. The minimum atomic E-state index is -0.762. The van der Waals surface area contributed by atoms with Crippen LogP contribution in [0, 0.1) is 10.1 Å². The van der Waals surface area contributed by atoms with E-state index in [1.807, 2.05) is 0 Å². The van der Waals surface area contributed by atoms with Gasteiger partial charge in [0.05, 0.1) is 21.4 Å². The summed E-state index contributed by atoms with van der Waals surface area (Å²) >= 11 is 13.3. The van der Waals surface area contributed by atoms with Gasteiger partial charge < -0.3 is 10.1 Å². The maximum absolute atomic E-state index is 12.2. The number of esters is 1. The Morgan fingerprint density at radius 3 is 2.52 bits per heavy atom. The first-order chi connectivity index (χ1) is 10.8. The smallest absolute Gasteiger partial charge is 0.341 e. The van der Waals surface area contributed by atoms with Gasteiger partial charge in [-0.25, -0.2) is 4.79 Å². The molecule has 122 valence electrons. The van der Waals surface area contributed by atoms with Crippen molar-refractivity contribution in [3.8, 4) is 0 Å². The van der Waals surface area contributed by atoms with Gasteiger partial charge in [0.1, 0.15) is 14.9 Å². The zero-order valence-electron chi connectivity index (χ0n) is 11.4. The van der Waals surface area contributed by atoms with Crippen molar-refractivity contribution in [3.63, 3.8) is 0 Å². The largest absolute Gasteiger partial charge is 0.462 e. The molecule has 0 aliphatic heterocycles. The second-order valence-corrected chi connectivity index (χ2v) is 7.31. The van der Waals surface area contributed by atoms with Crippen molar-refractivity contribution in [1.82, 2.24) is 0 Å². The topological polar surface area (TPSA) is 98.5 Å². The van der Waals surface area contributed by atoms with Gasteiger partial charge in [-0.15, -0.1) is 11.3 Å². The van der Waals surface area contributed by atoms with Crippen LogP contribution < -0.4 is 5.32 Å². The first-order valence-electron chi connectivity index (χ1n) is 6.05. The van der Waals surface area contributed by atoms with Gasteiger partial charge in [0.15, 0.2) is 0 Å². The van der Waals surface area contributed by atoms with Crippen molar-refractivity contribution in [2.75, 3.05) is 11.9 Å². The van der Waals surface area contributed by atoms with Crippen molar-refractivity contribution >= 4 is 67.8 Å². The molecule has 0 radical (unpaired) electrons. The summed E-state index contributed by atoms with van der Waals surface area (Å²) in [6.07, 6.45) is 0. The van der Waals surface area contributed by atoms with Crippen molar-refractivity contribution in [1.29, 1.82) is 0 Å². The lowest BCUT2D eigenvalue weighted by Crippen LogP contribution is -2.13. The fraction of sp³-hybridized carbons (Fsp3) is 0.167. The molecule has 7 nitrogen and oxygen atoms in total. The Kier molecular flexibility index (Phi) is 5.58. The van der Waals surface area contributed by atoms with Crippen LogP contribution in [0.25, 0.3) is 0 Å². The summed E-state index contributed by atoms with van der Waals surface area (Å²) in [6, 6.07) is 2.43. The lowest BCUT2D eigenvalue weighted by atomic mass is 10.3. The highest BCUT2D eigenvalue weighted by Crippen LogP contribution is 2.36. The molecule has 11 heteroatoms. The van der Waals surface area contributed by atoms with E-state index in [0.29, 0.717) is 15.7 Å². The Balaban J connectivity index is 2.34. The third kappa shape index (κ3) is 3.99. The van der Waals surface area contributed by atoms with Crippen LogP contribution in [0.15, 0.2) is 12.1 Å². The number of halogens is 2. The predicted molar refractivity (Wildman–Crippen MR) is 89.2 cm³/mol. The van der Waals surface area contributed by atoms with Crippen LogP contribution in [0.4, 0.5) is 10.0 Å². The molecule has 0 atom stereocenters. The van der Waals surface area contributed by atoms with Gasteiger partial charge in [0.2, 0.25) is 0 Å². The SMILES string of the molecule is CCOC(=O)c1cc([N+](=O)[O-])sc1NC(=O)c1cc(Cl)sc1Cl. The third-order valence-electron chi connectivity index (χ3n) is 2.52. The number of carbonyl (C=O) groups is 2. The average Bonchev–Trinajstić information content (AvgIpc) is 3.02.